The minimum Gasteiger partial charge on any atom is -0.491 e. The monoisotopic (exact) mass is 239 g/mol. The van der Waals surface area contributed by atoms with Crippen LogP contribution in [0, 0.1) is 0 Å². The average Bonchev–Trinajstić information content (AvgIpc) is 2.80. The predicted molar refractivity (Wildman–Crippen MR) is 62.4 cm³/mol. The van der Waals surface area contributed by atoms with Gasteiger partial charge in [-0.2, -0.15) is 0 Å². The summed E-state index contributed by atoms with van der Waals surface area (Å²) in [4.78, 5) is 0. The summed E-state index contributed by atoms with van der Waals surface area (Å²) < 4.78 is 21.4. The zero-order valence-corrected chi connectivity index (χ0v) is 9.90. The second kappa shape index (κ2) is 5.75. The Morgan fingerprint density at radius 2 is 2.00 bits per heavy atom. The van der Waals surface area contributed by atoms with E-state index in [1.165, 1.54) is 0 Å². The number of benzene rings is 1. The molecule has 1 aliphatic heterocycles. The first kappa shape index (κ1) is 12.0. The van der Waals surface area contributed by atoms with E-state index in [2.05, 4.69) is 0 Å². The van der Waals surface area contributed by atoms with Gasteiger partial charge in [0.1, 0.15) is 12.4 Å². The van der Waals surface area contributed by atoms with Gasteiger partial charge in [0.15, 0.2) is 11.5 Å². The molecule has 0 fully saturated rings. The Morgan fingerprint density at radius 3 is 2.71 bits per heavy atom. The molecule has 5 heteroatoms. The molecule has 0 radical (unpaired) electrons. The second-order valence-corrected chi connectivity index (χ2v) is 3.56. The summed E-state index contributed by atoms with van der Waals surface area (Å²) in [7, 11) is 0. The summed E-state index contributed by atoms with van der Waals surface area (Å²) in [5, 5.41) is 0. The summed E-state index contributed by atoms with van der Waals surface area (Å²) in [5.74, 6) is 2.16. The molecular formula is C12H17NO4. The third kappa shape index (κ3) is 2.81. The van der Waals surface area contributed by atoms with Crippen molar-refractivity contribution in [2.75, 3.05) is 26.6 Å². The third-order valence-corrected chi connectivity index (χ3v) is 2.46. The normalized spacial score (nSPS) is 12.8. The van der Waals surface area contributed by atoms with Gasteiger partial charge in [-0.25, -0.2) is 0 Å². The molecule has 0 bridgehead atoms. The van der Waals surface area contributed by atoms with Crippen LogP contribution in [0.15, 0.2) is 12.1 Å². The second-order valence-electron chi connectivity index (χ2n) is 3.56. The molecule has 0 amide bonds. The first-order valence-electron chi connectivity index (χ1n) is 5.68. The van der Waals surface area contributed by atoms with E-state index in [0.717, 1.165) is 17.1 Å². The lowest BCUT2D eigenvalue weighted by Gasteiger charge is -2.11. The van der Waals surface area contributed by atoms with Gasteiger partial charge in [-0.05, 0) is 13.0 Å². The lowest BCUT2D eigenvalue weighted by molar-refractivity contribution is 0.109. The van der Waals surface area contributed by atoms with Crippen LogP contribution in [0.2, 0.25) is 0 Å². The number of fused-ring (bicyclic) bond motifs is 1. The first-order valence-corrected chi connectivity index (χ1v) is 5.68. The fourth-order valence-corrected chi connectivity index (χ4v) is 1.61. The standard InChI is InChI=1S/C12H17NO4/c1-2-14-3-4-15-10-6-12-11(16-8-17-12)5-9(10)7-13/h5-6H,2-4,7-8,13H2,1H3. The summed E-state index contributed by atoms with van der Waals surface area (Å²) in [5.41, 5.74) is 6.58. The van der Waals surface area contributed by atoms with E-state index in [1.807, 2.05) is 19.1 Å². The van der Waals surface area contributed by atoms with Gasteiger partial charge < -0.3 is 24.7 Å². The summed E-state index contributed by atoms with van der Waals surface area (Å²) in [6.45, 7) is 4.36. The van der Waals surface area contributed by atoms with Gasteiger partial charge in [0.25, 0.3) is 0 Å². The highest BCUT2D eigenvalue weighted by Crippen LogP contribution is 2.37. The summed E-state index contributed by atoms with van der Waals surface area (Å²) in [6.07, 6.45) is 0. The zero-order valence-electron chi connectivity index (χ0n) is 9.90. The van der Waals surface area contributed by atoms with Crippen molar-refractivity contribution in [3.8, 4) is 17.2 Å². The third-order valence-electron chi connectivity index (χ3n) is 2.46. The molecule has 0 saturated heterocycles. The van der Waals surface area contributed by atoms with Crippen LogP contribution in [0.25, 0.3) is 0 Å². The minimum atomic E-state index is 0.252. The Bertz CT molecular complexity index is 381. The molecular weight excluding hydrogens is 222 g/mol. The molecule has 17 heavy (non-hydrogen) atoms. The van der Waals surface area contributed by atoms with Gasteiger partial charge in [-0.1, -0.05) is 0 Å². The van der Waals surface area contributed by atoms with Gasteiger partial charge in [-0.3, -0.25) is 0 Å². The van der Waals surface area contributed by atoms with E-state index in [0.29, 0.717) is 32.1 Å². The molecule has 0 aliphatic carbocycles. The van der Waals surface area contributed by atoms with E-state index in [4.69, 9.17) is 24.7 Å². The molecule has 5 nitrogen and oxygen atoms in total. The highest BCUT2D eigenvalue weighted by atomic mass is 16.7. The van der Waals surface area contributed by atoms with Crippen molar-refractivity contribution in [1.82, 2.24) is 0 Å². The predicted octanol–water partition coefficient (Wildman–Crippen LogP) is 1.29. The zero-order chi connectivity index (χ0) is 12.1. The fourth-order valence-electron chi connectivity index (χ4n) is 1.61. The maximum absolute atomic E-state index is 5.67. The highest BCUT2D eigenvalue weighted by molar-refractivity contribution is 5.51. The van der Waals surface area contributed by atoms with Gasteiger partial charge >= 0.3 is 0 Å². The maximum Gasteiger partial charge on any atom is 0.231 e. The molecule has 0 unspecified atom stereocenters. The fraction of sp³-hybridized carbons (Fsp3) is 0.500. The van der Waals surface area contributed by atoms with E-state index >= 15 is 0 Å². The quantitative estimate of drug-likeness (QED) is 0.758. The number of ether oxygens (including phenoxy) is 4. The van der Waals surface area contributed by atoms with Crippen LogP contribution < -0.4 is 19.9 Å². The Balaban J connectivity index is 2.04. The number of nitrogens with two attached hydrogens (primary N) is 1. The van der Waals surface area contributed by atoms with Crippen molar-refractivity contribution in [2.24, 2.45) is 5.73 Å². The number of hydrogen-bond acceptors (Lipinski definition) is 5. The molecule has 0 atom stereocenters. The topological polar surface area (TPSA) is 62.9 Å². The molecule has 2 N–H and O–H groups in total. The van der Waals surface area contributed by atoms with E-state index < -0.39 is 0 Å². The maximum atomic E-state index is 5.67. The van der Waals surface area contributed by atoms with Gasteiger partial charge in [0, 0.05) is 24.8 Å². The first-order chi connectivity index (χ1) is 8.35. The van der Waals surface area contributed by atoms with Crippen LogP contribution in [0.5, 0.6) is 17.2 Å². The van der Waals surface area contributed by atoms with Crippen LogP contribution >= 0.6 is 0 Å². The van der Waals surface area contributed by atoms with Crippen LogP contribution in [-0.4, -0.2) is 26.6 Å². The van der Waals surface area contributed by atoms with Crippen LogP contribution in [0.4, 0.5) is 0 Å². The van der Waals surface area contributed by atoms with Crippen molar-refractivity contribution in [2.45, 2.75) is 13.5 Å². The van der Waals surface area contributed by atoms with Crippen molar-refractivity contribution in [1.29, 1.82) is 0 Å². The summed E-state index contributed by atoms with van der Waals surface area (Å²) in [6, 6.07) is 3.68. The van der Waals surface area contributed by atoms with Crippen molar-refractivity contribution >= 4 is 0 Å². The highest BCUT2D eigenvalue weighted by Gasteiger charge is 2.17. The summed E-state index contributed by atoms with van der Waals surface area (Å²) >= 11 is 0. The Morgan fingerprint density at radius 1 is 1.24 bits per heavy atom. The number of rotatable bonds is 6. The lowest BCUT2D eigenvalue weighted by Crippen LogP contribution is -2.09. The van der Waals surface area contributed by atoms with Crippen LogP contribution in [0.3, 0.4) is 0 Å². The molecule has 1 aromatic carbocycles. The molecule has 1 aromatic rings. The van der Waals surface area contributed by atoms with Gasteiger partial charge in [-0.15, -0.1) is 0 Å². The molecule has 0 saturated carbocycles. The largest absolute Gasteiger partial charge is 0.491 e. The van der Waals surface area contributed by atoms with E-state index in [9.17, 15) is 0 Å². The Labute approximate surface area is 100 Å². The Kier molecular flexibility index (Phi) is 4.06. The van der Waals surface area contributed by atoms with Crippen molar-refractivity contribution < 1.29 is 18.9 Å². The minimum absolute atomic E-state index is 0.252. The molecule has 1 aliphatic rings. The molecule has 2 rings (SSSR count). The van der Waals surface area contributed by atoms with Crippen LogP contribution in [0.1, 0.15) is 12.5 Å². The lowest BCUT2D eigenvalue weighted by atomic mass is 10.2. The van der Waals surface area contributed by atoms with Crippen molar-refractivity contribution in [3.05, 3.63) is 17.7 Å². The smallest absolute Gasteiger partial charge is 0.231 e. The van der Waals surface area contributed by atoms with E-state index in [-0.39, 0.29) is 6.79 Å². The average molecular weight is 239 g/mol. The molecule has 0 aromatic heterocycles. The molecule has 94 valence electrons. The SMILES string of the molecule is CCOCCOc1cc2c(cc1CN)OCO2. The molecule has 1 heterocycles. The Hall–Kier alpha value is -1.46. The number of hydrogen-bond donors (Lipinski definition) is 1. The van der Waals surface area contributed by atoms with Gasteiger partial charge in [0.05, 0.1) is 6.61 Å². The van der Waals surface area contributed by atoms with Crippen molar-refractivity contribution in [3.63, 3.8) is 0 Å². The van der Waals surface area contributed by atoms with E-state index in [1.54, 1.807) is 0 Å². The van der Waals surface area contributed by atoms with Gasteiger partial charge in [0.2, 0.25) is 6.79 Å². The molecule has 0 spiro atoms. The van der Waals surface area contributed by atoms with Crippen LogP contribution in [-0.2, 0) is 11.3 Å².